The Kier molecular flexibility index (Phi) is 5.28. The topological polar surface area (TPSA) is 63.6 Å². The standard InChI is InChI=1S/C6H12ClO4S2/c1-6(2,4-11-5(7)8)12(3)13(9)10/h4H2,1-3H3,(H,9,10)/q-1. The number of rotatable bonds is 3. The van der Waals surface area contributed by atoms with Crippen LogP contribution in [0, 0.1) is 0 Å². The molecular weight excluding hydrogens is 236 g/mol. The van der Waals surface area contributed by atoms with Crippen molar-refractivity contribution in [1.29, 1.82) is 0 Å². The van der Waals surface area contributed by atoms with Crippen molar-refractivity contribution in [1.82, 2.24) is 0 Å². The van der Waals surface area contributed by atoms with Crippen molar-refractivity contribution in [3.8, 4) is 0 Å². The first-order valence-electron chi connectivity index (χ1n) is 3.37. The Labute approximate surface area is 86.1 Å². The number of ether oxygens (including phenoxy) is 1. The van der Waals surface area contributed by atoms with Crippen LogP contribution in [0.25, 0.3) is 0 Å². The molecule has 0 aromatic rings. The summed E-state index contributed by atoms with van der Waals surface area (Å²) >= 11 is 4.97. The fourth-order valence-corrected chi connectivity index (χ4v) is 2.47. The molecule has 0 fully saturated rings. The lowest BCUT2D eigenvalue weighted by atomic mass is 10.2. The third-order valence-corrected chi connectivity index (χ3v) is 6.37. The van der Waals surface area contributed by atoms with E-state index < -0.39 is 29.3 Å². The quantitative estimate of drug-likeness (QED) is 0.469. The summed E-state index contributed by atoms with van der Waals surface area (Å²) in [6, 6.07) is 0. The van der Waals surface area contributed by atoms with Gasteiger partial charge in [0.2, 0.25) is 0 Å². The summed E-state index contributed by atoms with van der Waals surface area (Å²) in [7, 11) is -2.66. The zero-order valence-corrected chi connectivity index (χ0v) is 9.96. The molecular formula is C6H12ClO4S2-. The minimum Gasteiger partial charge on any atom is -0.462 e. The minimum absolute atomic E-state index is 0.0429. The van der Waals surface area contributed by atoms with E-state index in [4.69, 9.17) is 16.2 Å². The summed E-state index contributed by atoms with van der Waals surface area (Å²) in [6.45, 7) is 3.52. The number of hydrogen-bond acceptors (Lipinski definition) is 4. The normalized spacial score (nSPS) is 16.4. The van der Waals surface area contributed by atoms with Gasteiger partial charge in [-0.1, -0.05) is 0 Å². The SMILES string of the molecule is CS(=[S-](=O)O)C(C)(C)COC(=O)Cl. The molecule has 1 unspecified atom stereocenters. The first kappa shape index (κ1) is 13.2. The molecule has 0 amide bonds. The monoisotopic (exact) mass is 247 g/mol. The highest BCUT2D eigenvalue weighted by atomic mass is 35.5. The van der Waals surface area contributed by atoms with Crippen molar-refractivity contribution < 1.29 is 18.3 Å². The summed E-state index contributed by atoms with van der Waals surface area (Å²) in [4.78, 5) is 10.3. The summed E-state index contributed by atoms with van der Waals surface area (Å²) in [6.07, 6.45) is 1.64. The smallest absolute Gasteiger partial charge is 0.403 e. The molecule has 4 nitrogen and oxygen atoms in total. The molecule has 0 heterocycles. The van der Waals surface area contributed by atoms with Crippen LogP contribution in [0.4, 0.5) is 4.79 Å². The first-order chi connectivity index (χ1) is 5.77. The van der Waals surface area contributed by atoms with Gasteiger partial charge in [-0.15, -0.1) is 9.64 Å². The predicted molar refractivity (Wildman–Crippen MR) is 55.2 cm³/mol. The van der Waals surface area contributed by atoms with E-state index in [-0.39, 0.29) is 6.61 Å². The largest absolute Gasteiger partial charge is 0.462 e. The van der Waals surface area contributed by atoms with E-state index in [1.54, 1.807) is 20.1 Å². The van der Waals surface area contributed by atoms with Crippen molar-refractivity contribution in [2.24, 2.45) is 0 Å². The Balaban J connectivity index is 4.50. The zero-order chi connectivity index (χ0) is 10.6. The lowest BCUT2D eigenvalue weighted by molar-refractivity contribution is 0.164. The van der Waals surface area contributed by atoms with E-state index in [1.807, 2.05) is 0 Å². The highest BCUT2D eigenvalue weighted by Crippen LogP contribution is 2.14. The van der Waals surface area contributed by atoms with Crippen LogP contribution in [0.2, 0.25) is 0 Å². The Morgan fingerprint density at radius 2 is 2.15 bits per heavy atom. The molecule has 0 aliphatic rings. The molecule has 0 radical (unpaired) electrons. The third-order valence-electron chi connectivity index (χ3n) is 1.53. The molecule has 13 heavy (non-hydrogen) atoms. The van der Waals surface area contributed by atoms with Gasteiger partial charge in [0.15, 0.2) is 0 Å². The van der Waals surface area contributed by atoms with Crippen LogP contribution in [0.5, 0.6) is 0 Å². The Morgan fingerprint density at radius 3 is 2.46 bits per heavy atom. The number of halogens is 1. The van der Waals surface area contributed by atoms with Crippen LogP contribution in [0.15, 0.2) is 0 Å². The van der Waals surface area contributed by atoms with Crippen LogP contribution >= 0.6 is 11.6 Å². The summed E-state index contributed by atoms with van der Waals surface area (Å²) in [5.74, 6) is 0. The second kappa shape index (κ2) is 5.19. The molecule has 0 bridgehead atoms. The average molecular weight is 248 g/mol. The Morgan fingerprint density at radius 1 is 1.69 bits per heavy atom. The molecule has 0 aliphatic carbocycles. The predicted octanol–water partition coefficient (Wildman–Crippen LogP) is 1.74. The fourth-order valence-electron chi connectivity index (χ4n) is 0.507. The van der Waals surface area contributed by atoms with E-state index in [0.717, 1.165) is 0 Å². The molecule has 0 aliphatic heterocycles. The maximum Gasteiger partial charge on any atom is 0.403 e. The molecule has 0 aromatic carbocycles. The van der Waals surface area contributed by atoms with Crippen molar-refractivity contribution in [3.05, 3.63) is 0 Å². The van der Waals surface area contributed by atoms with Gasteiger partial charge < -0.3 is 13.5 Å². The average Bonchev–Trinajstić information content (AvgIpc) is 1.99. The molecule has 80 valence electrons. The molecule has 1 N–H and O–H groups in total. The highest BCUT2D eigenvalue weighted by Gasteiger charge is 2.18. The molecule has 0 saturated heterocycles. The van der Waals surface area contributed by atoms with Crippen molar-refractivity contribution in [2.75, 3.05) is 12.9 Å². The summed E-state index contributed by atoms with van der Waals surface area (Å²) < 4.78 is 23.6. The van der Waals surface area contributed by atoms with Gasteiger partial charge in [0.1, 0.15) is 6.61 Å². The zero-order valence-electron chi connectivity index (χ0n) is 7.57. The Bertz CT molecular complexity index is 280. The van der Waals surface area contributed by atoms with Gasteiger partial charge in [-0.05, 0) is 20.1 Å². The summed E-state index contributed by atoms with van der Waals surface area (Å²) in [5.41, 5.74) is -0.895. The van der Waals surface area contributed by atoms with Crippen LogP contribution in [0.3, 0.4) is 0 Å². The van der Waals surface area contributed by atoms with Gasteiger partial charge in [-0.25, -0.2) is 4.79 Å². The second-order valence-electron chi connectivity index (χ2n) is 2.96. The maximum atomic E-state index is 10.7. The van der Waals surface area contributed by atoms with E-state index in [2.05, 4.69) is 4.74 Å². The number of carbonyl (C=O) groups is 1. The van der Waals surface area contributed by atoms with E-state index >= 15 is 0 Å². The lowest BCUT2D eigenvalue weighted by Crippen LogP contribution is -2.33. The van der Waals surface area contributed by atoms with E-state index in [1.165, 1.54) is 0 Å². The van der Waals surface area contributed by atoms with E-state index in [0.29, 0.717) is 0 Å². The molecule has 1 atom stereocenters. The van der Waals surface area contributed by atoms with Gasteiger partial charge >= 0.3 is 5.43 Å². The lowest BCUT2D eigenvalue weighted by Gasteiger charge is -2.29. The van der Waals surface area contributed by atoms with Gasteiger partial charge in [-0.2, -0.15) is 0 Å². The van der Waals surface area contributed by atoms with Gasteiger partial charge in [-0.3, -0.25) is 9.45 Å². The van der Waals surface area contributed by atoms with Gasteiger partial charge in [0.05, 0.1) is 0 Å². The van der Waals surface area contributed by atoms with Crippen molar-refractivity contribution in [3.63, 3.8) is 0 Å². The second-order valence-corrected chi connectivity index (χ2v) is 8.07. The number of carbonyl (C=O) groups excluding carboxylic acids is 1. The molecule has 0 spiro atoms. The summed E-state index contributed by atoms with van der Waals surface area (Å²) in [5, 5.41) is 0. The van der Waals surface area contributed by atoms with Crippen LogP contribution in [0.1, 0.15) is 13.8 Å². The van der Waals surface area contributed by atoms with Crippen LogP contribution < -0.4 is 0 Å². The molecule has 0 saturated carbocycles. The van der Waals surface area contributed by atoms with Crippen molar-refractivity contribution >= 4 is 36.1 Å². The maximum absolute atomic E-state index is 10.7. The van der Waals surface area contributed by atoms with Gasteiger partial charge in [0.25, 0.3) is 0 Å². The molecule has 7 heteroatoms. The van der Waals surface area contributed by atoms with Crippen LogP contribution in [-0.2, 0) is 28.0 Å². The first-order valence-corrected chi connectivity index (χ1v) is 7.00. The number of hydrogen-bond donors (Lipinski definition) is 1. The van der Waals surface area contributed by atoms with E-state index in [9.17, 15) is 9.00 Å². The highest BCUT2D eigenvalue weighted by molar-refractivity contribution is 8.36. The molecule has 0 aromatic heterocycles. The van der Waals surface area contributed by atoms with Gasteiger partial charge in [0, 0.05) is 16.3 Å². The minimum atomic E-state index is -1.90. The fraction of sp³-hybridized carbons (Fsp3) is 0.833. The Hall–Kier alpha value is 0.220. The van der Waals surface area contributed by atoms with Crippen molar-refractivity contribution in [2.45, 2.75) is 18.6 Å². The third kappa shape index (κ3) is 4.85. The molecule has 0 rings (SSSR count). The van der Waals surface area contributed by atoms with Crippen LogP contribution in [-0.4, -0.2) is 27.6 Å².